The molecule has 3 heterocycles. The zero-order chi connectivity index (χ0) is 25.1. The summed E-state index contributed by atoms with van der Waals surface area (Å²) in [6, 6.07) is 13.5. The monoisotopic (exact) mass is 500 g/mol. The summed E-state index contributed by atoms with van der Waals surface area (Å²) >= 11 is 1.35. The van der Waals surface area contributed by atoms with Crippen LogP contribution in [0.5, 0.6) is 5.75 Å². The maximum atomic E-state index is 13.2. The second kappa shape index (κ2) is 10.1. The van der Waals surface area contributed by atoms with Gasteiger partial charge in [-0.1, -0.05) is 12.1 Å². The summed E-state index contributed by atoms with van der Waals surface area (Å²) in [7, 11) is 1.64. The first-order chi connectivity index (χ1) is 17.5. The first-order valence-corrected chi connectivity index (χ1v) is 12.1. The average molecular weight is 501 g/mol. The summed E-state index contributed by atoms with van der Waals surface area (Å²) in [6.07, 6.45) is 3.09. The fourth-order valence-electron chi connectivity index (χ4n) is 3.85. The third kappa shape index (κ3) is 4.64. The van der Waals surface area contributed by atoms with Crippen LogP contribution in [0.3, 0.4) is 0 Å². The average Bonchev–Trinajstić information content (AvgIpc) is 3.33. The fraction of sp³-hybridized carbons (Fsp3) is 0.154. The first-order valence-electron chi connectivity index (χ1n) is 11.2. The van der Waals surface area contributed by atoms with Gasteiger partial charge in [0.25, 0.3) is 5.91 Å². The highest BCUT2D eigenvalue weighted by Crippen LogP contribution is 2.34. The number of pyridine rings is 1. The van der Waals surface area contributed by atoms with E-state index in [0.717, 1.165) is 27.8 Å². The Labute approximate surface area is 211 Å². The van der Waals surface area contributed by atoms with Crippen molar-refractivity contribution in [3.05, 3.63) is 71.5 Å². The van der Waals surface area contributed by atoms with Crippen LogP contribution in [0.4, 0.5) is 23.0 Å². The van der Waals surface area contributed by atoms with Gasteiger partial charge >= 0.3 is 0 Å². The molecule has 36 heavy (non-hydrogen) atoms. The van der Waals surface area contributed by atoms with Crippen molar-refractivity contribution in [2.45, 2.75) is 6.92 Å². The Morgan fingerprint density at radius 1 is 1.03 bits per heavy atom. The molecule has 0 aliphatic rings. The molecule has 5 aromatic rings. The van der Waals surface area contributed by atoms with E-state index in [2.05, 4.69) is 25.6 Å². The summed E-state index contributed by atoms with van der Waals surface area (Å²) in [5, 5.41) is 9.94. The number of anilines is 4. The summed E-state index contributed by atoms with van der Waals surface area (Å²) in [4.78, 5) is 26.0. The van der Waals surface area contributed by atoms with Crippen molar-refractivity contribution in [2.24, 2.45) is 0 Å². The van der Waals surface area contributed by atoms with E-state index < -0.39 is 0 Å². The van der Waals surface area contributed by atoms with Gasteiger partial charge in [0, 0.05) is 35.1 Å². The number of amides is 1. The maximum absolute atomic E-state index is 13.2. The molecule has 0 bridgehead atoms. The van der Waals surface area contributed by atoms with Crippen LogP contribution in [0.25, 0.3) is 21.0 Å². The molecule has 9 nitrogen and oxygen atoms in total. The Morgan fingerprint density at radius 3 is 2.67 bits per heavy atom. The van der Waals surface area contributed by atoms with Gasteiger partial charge in [-0.15, -0.1) is 11.3 Å². The minimum atomic E-state index is -0.259. The third-order valence-corrected chi connectivity index (χ3v) is 6.68. The number of fused-ring (bicyclic) bond motifs is 2. The van der Waals surface area contributed by atoms with Gasteiger partial charge in [-0.05, 0) is 42.8 Å². The van der Waals surface area contributed by atoms with Crippen LogP contribution in [0.15, 0.2) is 60.4 Å². The van der Waals surface area contributed by atoms with Gasteiger partial charge in [0.15, 0.2) is 0 Å². The smallest absolute Gasteiger partial charge is 0.258 e. The number of aryl methyl sites for hydroxylation is 1. The van der Waals surface area contributed by atoms with Crippen LogP contribution in [0.2, 0.25) is 0 Å². The van der Waals surface area contributed by atoms with Crippen molar-refractivity contribution in [3.63, 3.8) is 0 Å². The van der Waals surface area contributed by atoms with E-state index in [-0.39, 0.29) is 5.91 Å². The highest BCUT2D eigenvalue weighted by molar-refractivity contribution is 7.18. The van der Waals surface area contributed by atoms with E-state index in [1.807, 2.05) is 49.4 Å². The minimum Gasteiger partial charge on any atom is -0.491 e. The summed E-state index contributed by atoms with van der Waals surface area (Å²) < 4.78 is 11.3. The van der Waals surface area contributed by atoms with Crippen LogP contribution in [-0.2, 0) is 4.74 Å². The number of nitrogens with zero attached hydrogens (tertiary/aromatic N) is 3. The zero-order valence-electron chi connectivity index (χ0n) is 19.7. The minimum absolute atomic E-state index is 0.259. The van der Waals surface area contributed by atoms with Gasteiger partial charge in [0.1, 0.15) is 30.3 Å². The van der Waals surface area contributed by atoms with Crippen molar-refractivity contribution >= 4 is 61.2 Å². The number of methoxy groups -OCH3 is 1. The van der Waals surface area contributed by atoms with E-state index >= 15 is 0 Å². The molecule has 4 N–H and O–H groups in total. The number of nitrogens with two attached hydrogens (primary N) is 1. The number of thiophene rings is 1. The highest BCUT2D eigenvalue weighted by atomic mass is 32.1. The molecular formula is C26H24N6O3S. The van der Waals surface area contributed by atoms with Crippen molar-refractivity contribution in [2.75, 3.05) is 36.7 Å². The second-order valence-corrected chi connectivity index (χ2v) is 8.92. The summed E-state index contributed by atoms with van der Waals surface area (Å²) in [5.41, 5.74) is 9.45. The summed E-state index contributed by atoms with van der Waals surface area (Å²) in [5.74, 6) is 1.54. The molecule has 2 aromatic carbocycles. The van der Waals surface area contributed by atoms with Gasteiger partial charge in [-0.3, -0.25) is 4.79 Å². The Hall–Kier alpha value is -4.28. The normalized spacial score (nSPS) is 11.1. The van der Waals surface area contributed by atoms with Crippen LogP contribution >= 0.6 is 11.3 Å². The predicted molar refractivity (Wildman–Crippen MR) is 143 cm³/mol. The molecular weight excluding hydrogens is 476 g/mol. The lowest BCUT2D eigenvalue weighted by molar-refractivity contribution is 0.102. The molecule has 1 amide bonds. The Kier molecular flexibility index (Phi) is 6.61. The number of carbonyl (C=O) groups excluding carboxylic acids is 1. The molecule has 0 saturated carbocycles. The Morgan fingerprint density at radius 2 is 1.86 bits per heavy atom. The van der Waals surface area contributed by atoms with Crippen molar-refractivity contribution in [1.82, 2.24) is 15.0 Å². The van der Waals surface area contributed by atoms with E-state index in [1.54, 1.807) is 18.7 Å². The number of rotatable bonds is 8. The van der Waals surface area contributed by atoms with Crippen molar-refractivity contribution in [1.29, 1.82) is 0 Å². The molecule has 0 spiro atoms. The number of benzene rings is 2. The lowest BCUT2D eigenvalue weighted by Crippen LogP contribution is -2.13. The molecule has 0 fully saturated rings. The van der Waals surface area contributed by atoms with Crippen molar-refractivity contribution < 1.29 is 14.3 Å². The number of aromatic nitrogens is 3. The number of nitrogens with one attached hydrogen (secondary N) is 2. The van der Waals surface area contributed by atoms with Crippen LogP contribution < -0.4 is 21.1 Å². The Balaban J connectivity index is 1.42. The van der Waals surface area contributed by atoms with Crippen molar-refractivity contribution in [3.8, 4) is 5.75 Å². The van der Waals surface area contributed by atoms with Crippen LogP contribution in [-0.4, -0.2) is 41.2 Å². The lowest BCUT2D eigenvalue weighted by atomic mass is 10.0. The highest BCUT2D eigenvalue weighted by Gasteiger charge is 2.18. The molecule has 0 unspecified atom stereocenters. The second-order valence-electron chi connectivity index (χ2n) is 8.04. The van der Waals surface area contributed by atoms with E-state index in [0.29, 0.717) is 46.3 Å². The molecule has 0 atom stereocenters. The SMILES string of the molecule is COCCOc1ccc(Nc2nccc3c(NC(=O)c4csc5c(N)ncnc45)c(C)ccc23)cc1. The molecule has 3 aromatic heterocycles. The van der Waals surface area contributed by atoms with Gasteiger partial charge in [-0.2, -0.15) is 0 Å². The molecule has 182 valence electrons. The van der Waals surface area contributed by atoms with Crippen LogP contribution in [0.1, 0.15) is 15.9 Å². The summed E-state index contributed by atoms with van der Waals surface area (Å²) in [6.45, 7) is 2.98. The Bertz CT molecular complexity index is 1550. The number of hydrogen-bond acceptors (Lipinski definition) is 9. The quantitative estimate of drug-likeness (QED) is 0.250. The first kappa shape index (κ1) is 23.5. The van der Waals surface area contributed by atoms with Gasteiger partial charge in [-0.25, -0.2) is 15.0 Å². The maximum Gasteiger partial charge on any atom is 0.258 e. The van der Waals surface area contributed by atoms with Gasteiger partial charge < -0.3 is 25.8 Å². The third-order valence-electron chi connectivity index (χ3n) is 5.69. The van der Waals surface area contributed by atoms with E-state index in [9.17, 15) is 4.79 Å². The molecule has 0 aliphatic carbocycles. The molecule has 10 heteroatoms. The zero-order valence-corrected chi connectivity index (χ0v) is 20.6. The topological polar surface area (TPSA) is 124 Å². The molecule has 0 aliphatic heterocycles. The van der Waals surface area contributed by atoms with Crippen LogP contribution in [0, 0.1) is 6.92 Å². The number of nitrogen functional groups attached to an aromatic ring is 1. The number of hydrogen-bond donors (Lipinski definition) is 3. The molecule has 0 saturated heterocycles. The lowest BCUT2D eigenvalue weighted by Gasteiger charge is -2.15. The fourth-order valence-corrected chi connectivity index (χ4v) is 4.76. The predicted octanol–water partition coefficient (Wildman–Crippen LogP) is 5.15. The van der Waals surface area contributed by atoms with E-state index in [4.69, 9.17) is 15.2 Å². The number of carbonyl (C=O) groups is 1. The standard InChI is InChI=1S/C26H24N6O3S/c1-15-3-8-19-18(21(15)32-26(33)20-13-36-23-22(20)29-14-30-24(23)27)9-10-28-25(19)31-16-4-6-17(7-5-16)35-12-11-34-2/h3-10,13-14H,11-12H2,1-2H3,(H,28,31)(H,32,33)(H2,27,29,30). The number of ether oxygens (including phenoxy) is 2. The molecule has 5 rings (SSSR count). The molecule has 0 radical (unpaired) electrons. The van der Waals surface area contributed by atoms with E-state index in [1.165, 1.54) is 17.7 Å². The van der Waals surface area contributed by atoms with Gasteiger partial charge in [0.2, 0.25) is 0 Å². The van der Waals surface area contributed by atoms with Gasteiger partial charge in [0.05, 0.1) is 28.1 Å². The largest absolute Gasteiger partial charge is 0.491 e.